The van der Waals surface area contributed by atoms with Crippen LogP contribution in [0.4, 0.5) is 10.5 Å². The van der Waals surface area contributed by atoms with E-state index in [0.717, 1.165) is 28.0 Å². The summed E-state index contributed by atoms with van der Waals surface area (Å²) in [6, 6.07) is 14.4. The molecule has 34 heavy (non-hydrogen) atoms. The van der Waals surface area contributed by atoms with Crippen molar-refractivity contribution in [3.63, 3.8) is 0 Å². The minimum Gasteiger partial charge on any atom is -0.434 e. The molecule has 0 bridgehead atoms. The lowest BCUT2D eigenvalue weighted by Gasteiger charge is -2.18. The molecule has 1 aromatic carbocycles. The Morgan fingerprint density at radius 1 is 0.941 bits per heavy atom. The van der Waals surface area contributed by atoms with Gasteiger partial charge in [0.25, 0.3) is 11.8 Å². The fraction of sp³-hybridized carbons (Fsp3) is 0.296. The van der Waals surface area contributed by atoms with Gasteiger partial charge in [0.05, 0.1) is 23.4 Å². The molecule has 2 amide bonds. The third kappa shape index (κ3) is 4.28. The number of anilines is 1. The molecule has 2 aliphatic carbocycles. The molecule has 176 valence electrons. The molecule has 0 N–H and O–H groups in total. The Morgan fingerprint density at radius 2 is 1.56 bits per heavy atom. The SMILES string of the molecule is CCOC(=O)Oc1c2ccc(CS)ccc-2c(CCC(C)C)c1N1C(=O)c2ccccc2C1=O. The molecular formula is C27H27NO5S. The second-order valence-electron chi connectivity index (χ2n) is 8.59. The topological polar surface area (TPSA) is 72.9 Å². The van der Waals surface area contributed by atoms with Crippen LogP contribution in [-0.2, 0) is 16.9 Å². The third-order valence-electron chi connectivity index (χ3n) is 5.91. The molecular weight excluding hydrogens is 450 g/mol. The summed E-state index contributed by atoms with van der Waals surface area (Å²) in [6.45, 7) is 6.05. The van der Waals surface area contributed by atoms with Crippen LogP contribution in [0.5, 0.6) is 5.75 Å². The van der Waals surface area contributed by atoms with E-state index in [2.05, 4.69) is 26.5 Å². The fourth-order valence-electron chi connectivity index (χ4n) is 4.22. The summed E-state index contributed by atoms with van der Waals surface area (Å²) in [5, 5.41) is 0. The highest BCUT2D eigenvalue weighted by atomic mass is 32.1. The quantitative estimate of drug-likeness (QED) is 0.251. The molecule has 4 rings (SSSR count). The first-order valence-corrected chi connectivity index (χ1v) is 12.0. The number of carbonyl (C=O) groups is 3. The van der Waals surface area contributed by atoms with E-state index in [1.165, 1.54) is 0 Å². The summed E-state index contributed by atoms with van der Waals surface area (Å²) < 4.78 is 10.7. The van der Waals surface area contributed by atoms with Crippen molar-refractivity contribution in [3.05, 3.63) is 70.8 Å². The van der Waals surface area contributed by atoms with Crippen LogP contribution in [0.25, 0.3) is 11.1 Å². The van der Waals surface area contributed by atoms with E-state index in [0.29, 0.717) is 40.5 Å². The highest BCUT2D eigenvalue weighted by Gasteiger charge is 2.42. The van der Waals surface area contributed by atoms with Crippen LogP contribution in [0.1, 0.15) is 59.0 Å². The van der Waals surface area contributed by atoms with Crippen LogP contribution in [0.3, 0.4) is 0 Å². The highest BCUT2D eigenvalue weighted by Crippen LogP contribution is 2.51. The van der Waals surface area contributed by atoms with Gasteiger partial charge in [-0.3, -0.25) is 9.59 Å². The van der Waals surface area contributed by atoms with Crippen LogP contribution < -0.4 is 9.64 Å². The van der Waals surface area contributed by atoms with Gasteiger partial charge in [-0.05, 0) is 54.5 Å². The Hall–Kier alpha value is -3.32. The number of amides is 2. The normalized spacial score (nSPS) is 13.0. The predicted molar refractivity (Wildman–Crippen MR) is 134 cm³/mol. The van der Waals surface area contributed by atoms with E-state index < -0.39 is 18.0 Å². The number of hydrogen-bond donors (Lipinski definition) is 1. The first-order chi connectivity index (χ1) is 16.4. The number of benzene rings is 1. The average molecular weight is 478 g/mol. The summed E-state index contributed by atoms with van der Waals surface area (Å²) in [5.74, 6) is 0.215. The maximum Gasteiger partial charge on any atom is 0.513 e. The van der Waals surface area contributed by atoms with E-state index in [4.69, 9.17) is 9.47 Å². The summed E-state index contributed by atoms with van der Waals surface area (Å²) in [4.78, 5) is 40.4. The van der Waals surface area contributed by atoms with Crippen molar-refractivity contribution in [3.8, 4) is 16.9 Å². The van der Waals surface area contributed by atoms with Gasteiger partial charge in [0.2, 0.25) is 0 Å². The summed E-state index contributed by atoms with van der Waals surface area (Å²) >= 11 is 4.38. The summed E-state index contributed by atoms with van der Waals surface area (Å²) in [7, 11) is 0. The molecule has 0 saturated carbocycles. The molecule has 3 aliphatic rings. The number of carbonyl (C=O) groups excluding carboxylic acids is 3. The zero-order valence-corrected chi connectivity index (χ0v) is 20.4. The molecule has 0 atom stereocenters. The van der Waals surface area contributed by atoms with Gasteiger partial charge in [-0.15, -0.1) is 0 Å². The molecule has 0 saturated heterocycles. The maximum absolute atomic E-state index is 13.4. The molecule has 1 aliphatic heterocycles. The van der Waals surface area contributed by atoms with Gasteiger partial charge in [-0.1, -0.05) is 50.2 Å². The van der Waals surface area contributed by atoms with Crippen molar-refractivity contribution in [2.24, 2.45) is 5.92 Å². The minimum absolute atomic E-state index is 0.137. The van der Waals surface area contributed by atoms with Crippen molar-refractivity contribution < 1.29 is 23.9 Å². The lowest BCUT2D eigenvalue weighted by atomic mass is 10.00. The smallest absolute Gasteiger partial charge is 0.434 e. The van der Waals surface area contributed by atoms with Crippen molar-refractivity contribution in [1.82, 2.24) is 0 Å². The van der Waals surface area contributed by atoms with Crippen LogP contribution in [0.15, 0.2) is 48.5 Å². The number of fused-ring (bicyclic) bond motifs is 2. The van der Waals surface area contributed by atoms with Crippen LogP contribution in [0, 0.1) is 5.92 Å². The van der Waals surface area contributed by atoms with E-state index in [-0.39, 0.29) is 12.4 Å². The Kier molecular flexibility index (Phi) is 6.93. The fourth-order valence-corrected chi connectivity index (χ4v) is 4.43. The van der Waals surface area contributed by atoms with Gasteiger partial charge in [0.15, 0.2) is 5.75 Å². The number of rotatable bonds is 7. The van der Waals surface area contributed by atoms with Crippen LogP contribution >= 0.6 is 12.6 Å². The molecule has 6 nitrogen and oxygen atoms in total. The Labute approximate surface area is 204 Å². The van der Waals surface area contributed by atoms with Gasteiger partial charge >= 0.3 is 6.16 Å². The van der Waals surface area contributed by atoms with E-state index in [9.17, 15) is 14.4 Å². The zero-order valence-electron chi connectivity index (χ0n) is 19.5. The molecule has 7 heteroatoms. The third-order valence-corrected chi connectivity index (χ3v) is 6.27. The number of hydrogen-bond acceptors (Lipinski definition) is 6. The average Bonchev–Trinajstić information content (AvgIpc) is 3.11. The Morgan fingerprint density at radius 3 is 2.12 bits per heavy atom. The predicted octanol–water partition coefficient (Wildman–Crippen LogP) is 6.15. The standard InChI is InChI=1S/C27H27NO5S/c1-4-32-27(31)33-24-20-14-11-17(15-34)10-13-18(20)19(12-9-16(2)3)23(24)28-25(29)21-7-5-6-8-22(21)26(28)30/h5-8,10-11,13-14,16,34H,4,9,12,15H2,1-3H3. The van der Waals surface area contributed by atoms with Gasteiger partial charge in [0, 0.05) is 11.3 Å². The number of nitrogens with zero attached hydrogens (tertiary/aromatic N) is 1. The van der Waals surface area contributed by atoms with Crippen LogP contribution in [0.2, 0.25) is 0 Å². The van der Waals surface area contributed by atoms with Gasteiger partial charge < -0.3 is 9.47 Å². The molecule has 0 spiro atoms. The zero-order chi connectivity index (χ0) is 24.4. The Bertz CT molecular complexity index is 1200. The molecule has 1 heterocycles. The van der Waals surface area contributed by atoms with Crippen molar-refractivity contribution >= 4 is 36.3 Å². The van der Waals surface area contributed by atoms with E-state index >= 15 is 0 Å². The highest BCUT2D eigenvalue weighted by molar-refractivity contribution is 7.79. The minimum atomic E-state index is -0.886. The summed E-state index contributed by atoms with van der Waals surface area (Å²) in [6.07, 6.45) is 0.541. The van der Waals surface area contributed by atoms with Gasteiger partial charge in [-0.25, -0.2) is 9.69 Å². The molecule has 0 unspecified atom stereocenters. The van der Waals surface area contributed by atoms with Crippen molar-refractivity contribution in [2.45, 2.75) is 39.4 Å². The first-order valence-electron chi connectivity index (χ1n) is 11.4. The Balaban J connectivity index is 1.98. The van der Waals surface area contributed by atoms with Crippen molar-refractivity contribution in [1.29, 1.82) is 0 Å². The van der Waals surface area contributed by atoms with Gasteiger partial charge in [-0.2, -0.15) is 12.6 Å². The van der Waals surface area contributed by atoms with E-state index in [1.807, 2.05) is 24.3 Å². The number of ether oxygens (including phenoxy) is 2. The molecule has 0 fully saturated rings. The lowest BCUT2D eigenvalue weighted by Crippen LogP contribution is -2.30. The van der Waals surface area contributed by atoms with Gasteiger partial charge in [0.1, 0.15) is 0 Å². The van der Waals surface area contributed by atoms with Crippen molar-refractivity contribution in [2.75, 3.05) is 11.5 Å². The lowest BCUT2D eigenvalue weighted by molar-refractivity contribution is 0.0915. The van der Waals surface area contributed by atoms with E-state index in [1.54, 1.807) is 31.2 Å². The molecule has 0 radical (unpaired) electrons. The second kappa shape index (κ2) is 9.89. The molecule has 0 aromatic heterocycles. The van der Waals surface area contributed by atoms with Crippen LogP contribution in [-0.4, -0.2) is 24.6 Å². The number of thiol groups is 1. The second-order valence-corrected chi connectivity index (χ2v) is 8.91. The summed E-state index contributed by atoms with van der Waals surface area (Å²) in [5.41, 5.74) is 4.20. The molecule has 1 aromatic rings. The first kappa shape index (κ1) is 23.8. The monoisotopic (exact) mass is 477 g/mol. The number of imide groups is 1. The maximum atomic E-state index is 13.4. The largest absolute Gasteiger partial charge is 0.513 e.